The summed E-state index contributed by atoms with van der Waals surface area (Å²) in [6.45, 7) is 0.787. The molecular weight excluding hydrogens is 301 g/mol. The number of nitrogens with one attached hydrogen (secondary N) is 3. The van der Waals surface area contributed by atoms with E-state index in [1.807, 2.05) is 0 Å². The molecule has 0 spiro atoms. The van der Waals surface area contributed by atoms with E-state index in [2.05, 4.69) is 16.0 Å². The normalized spacial score (nSPS) is 17.8. The predicted octanol–water partition coefficient (Wildman–Crippen LogP) is 0.730. The molecule has 1 aromatic carbocycles. The molecule has 0 bridgehead atoms. The fourth-order valence-corrected chi connectivity index (χ4v) is 2.34. The molecule has 0 unspecified atom stereocenters. The number of hydrogen-bond donors (Lipinski definition) is 3. The average Bonchev–Trinajstić information content (AvgIpc) is 2.73. The fourth-order valence-electron chi connectivity index (χ4n) is 2.34. The molecule has 1 heterocycles. The number of hydrogen-bond acceptors (Lipinski definition) is 3. The third-order valence-corrected chi connectivity index (χ3v) is 3.61. The lowest BCUT2D eigenvalue weighted by Gasteiger charge is -2.15. The van der Waals surface area contributed by atoms with Gasteiger partial charge in [0.05, 0.1) is 0 Å². The zero-order valence-corrected chi connectivity index (χ0v) is 12.7. The average molecular weight is 321 g/mol. The summed E-state index contributed by atoms with van der Waals surface area (Å²) in [5, 5.41) is 8.01. The van der Waals surface area contributed by atoms with Crippen molar-refractivity contribution < 1.29 is 18.8 Å². The highest BCUT2D eigenvalue weighted by Crippen LogP contribution is 2.05. The van der Waals surface area contributed by atoms with Gasteiger partial charge in [-0.05, 0) is 43.5 Å². The standard InChI is InChI=1S/C16H20FN3O3/c17-12-6-4-11(5-7-12)15(22)19-10-8-14(21)20-13-3-1-2-9-18-16(13)23/h4-7,13H,1-3,8-10H2,(H,18,23)(H,19,22)(H,20,21)/t13-/m0/s1. The minimum Gasteiger partial charge on any atom is -0.354 e. The molecule has 6 nitrogen and oxygen atoms in total. The van der Waals surface area contributed by atoms with Crippen molar-refractivity contribution in [1.82, 2.24) is 16.0 Å². The van der Waals surface area contributed by atoms with E-state index in [-0.39, 0.29) is 30.7 Å². The van der Waals surface area contributed by atoms with Gasteiger partial charge in [-0.3, -0.25) is 14.4 Å². The maximum atomic E-state index is 12.8. The molecule has 0 radical (unpaired) electrons. The highest BCUT2D eigenvalue weighted by Gasteiger charge is 2.22. The summed E-state index contributed by atoms with van der Waals surface area (Å²) >= 11 is 0. The first-order valence-corrected chi connectivity index (χ1v) is 7.67. The Labute approximate surface area is 133 Å². The number of carbonyl (C=O) groups excluding carboxylic acids is 3. The van der Waals surface area contributed by atoms with Crippen LogP contribution in [0.4, 0.5) is 4.39 Å². The summed E-state index contributed by atoms with van der Waals surface area (Å²) in [6, 6.07) is 4.65. The van der Waals surface area contributed by atoms with Crippen LogP contribution in [0.2, 0.25) is 0 Å². The molecule has 7 heteroatoms. The minimum absolute atomic E-state index is 0.0801. The van der Waals surface area contributed by atoms with Gasteiger partial charge in [0, 0.05) is 25.1 Å². The van der Waals surface area contributed by atoms with Crippen LogP contribution in [0.15, 0.2) is 24.3 Å². The van der Waals surface area contributed by atoms with Crippen molar-refractivity contribution in [1.29, 1.82) is 0 Å². The van der Waals surface area contributed by atoms with Gasteiger partial charge < -0.3 is 16.0 Å². The Morgan fingerprint density at radius 2 is 1.96 bits per heavy atom. The smallest absolute Gasteiger partial charge is 0.251 e. The second-order valence-corrected chi connectivity index (χ2v) is 5.42. The van der Waals surface area contributed by atoms with Gasteiger partial charge in [0.15, 0.2) is 0 Å². The van der Waals surface area contributed by atoms with E-state index in [4.69, 9.17) is 0 Å². The maximum Gasteiger partial charge on any atom is 0.251 e. The molecule has 3 N–H and O–H groups in total. The summed E-state index contributed by atoms with van der Waals surface area (Å²) in [7, 11) is 0. The molecule has 1 fully saturated rings. The fraction of sp³-hybridized carbons (Fsp3) is 0.438. The van der Waals surface area contributed by atoms with Crippen molar-refractivity contribution in [2.24, 2.45) is 0 Å². The van der Waals surface area contributed by atoms with E-state index in [0.29, 0.717) is 18.5 Å². The zero-order chi connectivity index (χ0) is 16.7. The molecule has 1 aromatic rings. The Bertz CT molecular complexity index is 574. The SMILES string of the molecule is O=C(CCNC(=O)c1ccc(F)cc1)N[C@H]1CCCCNC1=O. The molecule has 0 aromatic heterocycles. The quantitative estimate of drug-likeness (QED) is 0.747. The van der Waals surface area contributed by atoms with E-state index in [1.54, 1.807) is 0 Å². The van der Waals surface area contributed by atoms with Gasteiger partial charge in [-0.25, -0.2) is 4.39 Å². The van der Waals surface area contributed by atoms with Crippen LogP contribution in [0, 0.1) is 5.82 Å². The molecule has 1 aliphatic rings. The monoisotopic (exact) mass is 321 g/mol. The highest BCUT2D eigenvalue weighted by atomic mass is 19.1. The largest absolute Gasteiger partial charge is 0.354 e. The van der Waals surface area contributed by atoms with Crippen LogP contribution >= 0.6 is 0 Å². The molecule has 124 valence electrons. The van der Waals surface area contributed by atoms with Crippen LogP contribution < -0.4 is 16.0 Å². The molecule has 1 saturated heterocycles. The van der Waals surface area contributed by atoms with Gasteiger partial charge in [0.1, 0.15) is 11.9 Å². The van der Waals surface area contributed by atoms with E-state index < -0.39 is 11.9 Å². The molecule has 1 aliphatic heterocycles. The lowest BCUT2D eigenvalue weighted by molar-refractivity contribution is -0.128. The van der Waals surface area contributed by atoms with Gasteiger partial charge in [-0.2, -0.15) is 0 Å². The van der Waals surface area contributed by atoms with Gasteiger partial charge in [-0.15, -0.1) is 0 Å². The Balaban J connectivity index is 1.72. The molecule has 23 heavy (non-hydrogen) atoms. The Morgan fingerprint density at radius 1 is 1.22 bits per heavy atom. The topological polar surface area (TPSA) is 87.3 Å². The first-order valence-electron chi connectivity index (χ1n) is 7.67. The van der Waals surface area contributed by atoms with Crippen molar-refractivity contribution >= 4 is 17.7 Å². The Morgan fingerprint density at radius 3 is 2.70 bits per heavy atom. The third kappa shape index (κ3) is 5.36. The molecule has 0 saturated carbocycles. The molecule has 2 rings (SSSR count). The van der Waals surface area contributed by atoms with E-state index in [0.717, 1.165) is 12.8 Å². The summed E-state index contributed by atoms with van der Waals surface area (Å²) in [4.78, 5) is 35.4. The molecule has 0 aliphatic carbocycles. The van der Waals surface area contributed by atoms with Crippen LogP contribution in [0.5, 0.6) is 0 Å². The van der Waals surface area contributed by atoms with Crippen molar-refractivity contribution in [3.63, 3.8) is 0 Å². The van der Waals surface area contributed by atoms with Crippen molar-refractivity contribution in [3.8, 4) is 0 Å². The van der Waals surface area contributed by atoms with Crippen molar-refractivity contribution in [2.45, 2.75) is 31.7 Å². The van der Waals surface area contributed by atoms with Gasteiger partial charge in [0.25, 0.3) is 5.91 Å². The van der Waals surface area contributed by atoms with E-state index in [1.165, 1.54) is 24.3 Å². The van der Waals surface area contributed by atoms with Gasteiger partial charge >= 0.3 is 0 Å². The van der Waals surface area contributed by atoms with Crippen LogP contribution in [0.1, 0.15) is 36.0 Å². The third-order valence-electron chi connectivity index (χ3n) is 3.61. The van der Waals surface area contributed by atoms with E-state index in [9.17, 15) is 18.8 Å². The number of amides is 3. The number of benzene rings is 1. The summed E-state index contributed by atoms with van der Waals surface area (Å²) < 4.78 is 12.8. The number of rotatable bonds is 5. The Hall–Kier alpha value is -2.44. The number of halogens is 1. The minimum atomic E-state index is -0.502. The van der Waals surface area contributed by atoms with Crippen LogP contribution in [0.3, 0.4) is 0 Å². The molecular formula is C16H20FN3O3. The highest BCUT2D eigenvalue weighted by molar-refractivity contribution is 5.94. The molecule has 1 atom stereocenters. The second kappa shape index (κ2) is 8.26. The summed E-state index contributed by atoms with van der Waals surface area (Å²) in [6.07, 6.45) is 2.49. The first-order chi connectivity index (χ1) is 11.1. The van der Waals surface area contributed by atoms with Crippen molar-refractivity contribution in [2.75, 3.05) is 13.1 Å². The predicted molar refractivity (Wildman–Crippen MR) is 82.1 cm³/mol. The van der Waals surface area contributed by atoms with Gasteiger partial charge in [0.2, 0.25) is 11.8 Å². The van der Waals surface area contributed by atoms with E-state index >= 15 is 0 Å². The number of carbonyl (C=O) groups is 3. The lowest BCUT2D eigenvalue weighted by atomic mass is 10.1. The maximum absolute atomic E-state index is 12.8. The van der Waals surface area contributed by atoms with Crippen LogP contribution in [-0.4, -0.2) is 36.9 Å². The summed E-state index contributed by atoms with van der Waals surface area (Å²) in [5.41, 5.74) is 0.329. The second-order valence-electron chi connectivity index (χ2n) is 5.42. The molecule has 3 amide bonds. The van der Waals surface area contributed by atoms with Crippen LogP contribution in [0.25, 0.3) is 0 Å². The van der Waals surface area contributed by atoms with Gasteiger partial charge in [-0.1, -0.05) is 0 Å². The lowest BCUT2D eigenvalue weighted by Crippen LogP contribution is -2.46. The first kappa shape index (κ1) is 16.9. The van der Waals surface area contributed by atoms with Crippen molar-refractivity contribution in [3.05, 3.63) is 35.6 Å². The zero-order valence-electron chi connectivity index (χ0n) is 12.7. The summed E-state index contributed by atoms with van der Waals surface area (Å²) in [5.74, 6) is -1.23. The van der Waals surface area contributed by atoms with Crippen LogP contribution in [-0.2, 0) is 9.59 Å². The Kier molecular flexibility index (Phi) is 6.08.